The Labute approximate surface area is 174 Å². The first-order valence-corrected chi connectivity index (χ1v) is 11.5. The van der Waals surface area contributed by atoms with Crippen molar-refractivity contribution >= 4 is 17.4 Å². The van der Waals surface area contributed by atoms with Gasteiger partial charge in [0.1, 0.15) is 12.4 Å². The molecule has 29 heavy (non-hydrogen) atoms. The zero-order valence-electron chi connectivity index (χ0n) is 18.0. The normalized spacial score (nSPS) is 45.4. The summed E-state index contributed by atoms with van der Waals surface area (Å²) in [5.41, 5.74) is 12.3. The number of carbonyl (C=O) groups is 2. The van der Waals surface area contributed by atoms with Gasteiger partial charge in [0.2, 0.25) is 5.91 Å². The van der Waals surface area contributed by atoms with E-state index in [4.69, 9.17) is 16.3 Å². The van der Waals surface area contributed by atoms with Crippen LogP contribution in [0.1, 0.15) is 71.6 Å². The van der Waals surface area contributed by atoms with E-state index < -0.39 is 0 Å². The monoisotopic (exact) mass is 403 g/mol. The van der Waals surface area contributed by atoms with Gasteiger partial charge in [-0.2, -0.15) is 0 Å². The van der Waals surface area contributed by atoms with Gasteiger partial charge < -0.3 is 16.3 Å². The molecule has 4 aliphatic carbocycles. The maximum atomic E-state index is 12.7. The highest BCUT2D eigenvalue weighted by molar-refractivity contribution is 5.87. The lowest BCUT2D eigenvalue weighted by molar-refractivity contribution is -0.145. The smallest absolute Gasteiger partial charge is 0.217 e. The predicted octanol–water partition coefficient (Wildman–Crippen LogP) is 3.03. The molecule has 1 unspecified atom stereocenters. The summed E-state index contributed by atoms with van der Waals surface area (Å²) in [7, 11) is 0. The molecule has 0 heterocycles. The number of nitrogens with two attached hydrogens (primary N) is 2. The molecule has 4 saturated carbocycles. The van der Waals surface area contributed by atoms with Crippen LogP contribution in [-0.4, -0.2) is 30.6 Å². The largest absolute Gasteiger partial charge is 0.395 e. The Kier molecular flexibility index (Phi) is 5.51. The fourth-order valence-corrected chi connectivity index (χ4v) is 7.83. The minimum Gasteiger partial charge on any atom is -0.395 e. The summed E-state index contributed by atoms with van der Waals surface area (Å²) in [6.45, 7) is 5.56. The second-order valence-corrected chi connectivity index (χ2v) is 10.6. The molecule has 6 heteroatoms. The molecular formula is C23H37N3O3. The van der Waals surface area contributed by atoms with Crippen LogP contribution in [-0.2, 0) is 14.4 Å². The molecule has 0 bridgehead atoms. The molecule has 4 N–H and O–H groups in total. The zero-order valence-corrected chi connectivity index (χ0v) is 18.0. The van der Waals surface area contributed by atoms with Crippen molar-refractivity contribution in [2.45, 2.75) is 71.6 Å². The van der Waals surface area contributed by atoms with Gasteiger partial charge in [-0.05, 0) is 80.0 Å². The standard InChI is InChI=1S/C23H37N3O3/c1-22-7-5-15(26-29-10-9-24)13-19(22)14(12-21(25)28)11-16-17-3-4-20(27)23(17,2)8-6-18(16)22/h14,16-19H,3-13,24H2,1-2H3,(H2,25,28)/t14-,16+,17+,18+,19?,22-,23+/m1/s1. The fourth-order valence-electron chi connectivity index (χ4n) is 7.83. The third-order valence-corrected chi connectivity index (χ3v) is 9.26. The molecule has 0 aliphatic heterocycles. The molecule has 0 saturated heterocycles. The molecule has 0 radical (unpaired) electrons. The SMILES string of the molecule is C[C@]12CCC(=NOCCN)CC1[C@@H](CC(N)=O)C[C@@H]1[C@@H]2CC[C@]2(C)C(=O)CC[C@@H]12. The van der Waals surface area contributed by atoms with Crippen molar-refractivity contribution in [3.63, 3.8) is 0 Å². The Morgan fingerprint density at radius 2 is 1.97 bits per heavy atom. The predicted molar refractivity (Wildman–Crippen MR) is 112 cm³/mol. The van der Waals surface area contributed by atoms with E-state index in [0.717, 1.165) is 57.1 Å². The van der Waals surface area contributed by atoms with E-state index in [-0.39, 0.29) is 22.7 Å². The highest BCUT2D eigenvalue weighted by Gasteiger charge is 2.62. The maximum Gasteiger partial charge on any atom is 0.217 e. The van der Waals surface area contributed by atoms with Gasteiger partial charge in [-0.15, -0.1) is 0 Å². The van der Waals surface area contributed by atoms with Crippen LogP contribution >= 0.6 is 0 Å². The second kappa shape index (κ2) is 7.68. The Morgan fingerprint density at radius 3 is 2.69 bits per heavy atom. The van der Waals surface area contributed by atoms with E-state index in [1.807, 2.05) is 0 Å². The summed E-state index contributed by atoms with van der Waals surface area (Å²) in [6.07, 6.45) is 8.32. The van der Waals surface area contributed by atoms with Gasteiger partial charge in [-0.1, -0.05) is 19.0 Å². The molecule has 0 aromatic rings. The average molecular weight is 404 g/mol. The first kappa shape index (κ1) is 20.8. The number of primary amides is 1. The molecule has 4 fully saturated rings. The van der Waals surface area contributed by atoms with Gasteiger partial charge in [0.15, 0.2) is 0 Å². The number of amides is 1. The average Bonchev–Trinajstić information content (AvgIpc) is 2.97. The van der Waals surface area contributed by atoms with E-state index in [9.17, 15) is 9.59 Å². The van der Waals surface area contributed by atoms with Crippen LogP contribution in [0.5, 0.6) is 0 Å². The van der Waals surface area contributed by atoms with E-state index >= 15 is 0 Å². The van der Waals surface area contributed by atoms with Crippen molar-refractivity contribution in [3.8, 4) is 0 Å². The van der Waals surface area contributed by atoms with Crippen LogP contribution in [0.3, 0.4) is 0 Å². The van der Waals surface area contributed by atoms with Crippen LogP contribution in [0.2, 0.25) is 0 Å². The van der Waals surface area contributed by atoms with Crippen molar-refractivity contribution in [2.24, 2.45) is 57.0 Å². The Balaban J connectivity index is 1.63. The third-order valence-electron chi connectivity index (χ3n) is 9.26. The minimum absolute atomic E-state index is 0.140. The Morgan fingerprint density at radius 1 is 1.17 bits per heavy atom. The number of ketones is 1. The number of nitrogens with zero attached hydrogens (tertiary/aromatic N) is 1. The summed E-state index contributed by atoms with van der Waals surface area (Å²) >= 11 is 0. The number of oxime groups is 1. The zero-order chi connectivity index (χ0) is 20.8. The topological polar surface area (TPSA) is 108 Å². The van der Waals surface area contributed by atoms with Gasteiger partial charge in [-0.3, -0.25) is 9.59 Å². The summed E-state index contributed by atoms with van der Waals surface area (Å²) in [4.78, 5) is 30.0. The van der Waals surface area contributed by atoms with Crippen molar-refractivity contribution in [3.05, 3.63) is 0 Å². The fraction of sp³-hybridized carbons (Fsp3) is 0.870. The van der Waals surface area contributed by atoms with Crippen molar-refractivity contribution in [2.75, 3.05) is 13.2 Å². The number of carbonyl (C=O) groups excluding carboxylic acids is 2. The molecule has 0 aromatic carbocycles. The first-order valence-electron chi connectivity index (χ1n) is 11.5. The number of fused-ring (bicyclic) bond motifs is 5. The summed E-state index contributed by atoms with van der Waals surface area (Å²) in [5, 5.41) is 4.36. The maximum absolute atomic E-state index is 12.7. The first-order chi connectivity index (χ1) is 13.8. The van der Waals surface area contributed by atoms with Crippen molar-refractivity contribution < 1.29 is 14.4 Å². The Bertz CT molecular complexity index is 707. The van der Waals surface area contributed by atoms with E-state index in [1.54, 1.807) is 0 Å². The molecule has 4 rings (SSSR count). The molecule has 4 aliphatic rings. The van der Waals surface area contributed by atoms with Gasteiger partial charge in [0.25, 0.3) is 0 Å². The van der Waals surface area contributed by atoms with Gasteiger partial charge in [0, 0.05) is 24.8 Å². The number of hydrogen-bond acceptors (Lipinski definition) is 5. The third kappa shape index (κ3) is 3.41. The van der Waals surface area contributed by atoms with Crippen molar-refractivity contribution in [1.29, 1.82) is 0 Å². The lowest BCUT2D eigenvalue weighted by Crippen LogP contribution is -2.56. The molecule has 162 valence electrons. The number of Topliss-reactive ketones (excluding diaryl/α,β-unsaturated/α-hetero) is 1. The van der Waals surface area contributed by atoms with Gasteiger partial charge in [-0.25, -0.2) is 0 Å². The highest BCUT2D eigenvalue weighted by atomic mass is 16.6. The van der Waals surface area contributed by atoms with Crippen LogP contribution in [0.4, 0.5) is 0 Å². The van der Waals surface area contributed by atoms with E-state index in [2.05, 4.69) is 19.0 Å². The number of rotatable bonds is 5. The van der Waals surface area contributed by atoms with Gasteiger partial charge >= 0.3 is 0 Å². The van der Waals surface area contributed by atoms with Crippen LogP contribution < -0.4 is 11.5 Å². The molecule has 7 atom stereocenters. The summed E-state index contributed by atoms with van der Waals surface area (Å²) in [6, 6.07) is 0. The lowest BCUT2D eigenvalue weighted by Gasteiger charge is -2.61. The summed E-state index contributed by atoms with van der Waals surface area (Å²) in [5.74, 6) is 2.59. The molecular weight excluding hydrogens is 366 g/mol. The van der Waals surface area contributed by atoms with E-state index in [1.165, 1.54) is 0 Å². The number of hydrogen-bond donors (Lipinski definition) is 2. The van der Waals surface area contributed by atoms with Crippen LogP contribution in [0, 0.1) is 40.4 Å². The molecule has 0 aromatic heterocycles. The molecule has 1 amide bonds. The molecule has 0 spiro atoms. The summed E-state index contributed by atoms with van der Waals surface area (Å²) < 4.78 is 0. The van der Waals surface area contributed by atoms with Crippen LogP contribution in [0.25, 0.3) is 0 Å². The Hall–Kier alpha value is -1.43. The van der Waals surface area contributed by atoms with Crippen molar-refractivity contribution in [1.82, 2.24) is 0 Å². The molecule has 6 nitrogen and oxygen atoms in total. The minimum atomic E-state index is -0.208. The lowest BCUT2D eigenvalue weighted by atomic mass is 9.43. The van der Waals surface area contributed by atoms with Crippen LogP contribution in [0.15, 0.2) is 5.16 Å². The second-order valence-electron chi connectivity index (χ2n) is 10.6. The highest BCUT2D eigenvalue weighted by Crippen LogP contribution is 2.66. The van der Waals surface area contributed by atoms with E-state index in [0.29, 0.717) is 49.0 Å². The quantitative estimate of drug-likeness (QED) is 0.543. The van der Waals surface area contributed by atoms with Gasteiger partial charge in [0.05, 0.1) is 5.71 Å².